The zero-order chi connectivity index (χ0) is 26.4. The number of ketones is 2. The van der Waals surface area contributed by atoms with Gasteiger partial charge in [-0.25, -0.2) is 0 Å². The predicted molar refractivity (Wildman–Crippen MR) is 138 cm³/mol. The van der Waals surface area contributed by atoms with Gasteiger partial charge in [0.1, 0.15) is 6.10 Å². The van der Waals surface area contributed by atoms with Gasteiger partial charge in [-0.3, -0.25) is 19.2 Å². The summed E-state index contributed by atoms with van der Waals surface area (Å²) in [7, 11) is 0. The molecule has 7 atom stereocenters. The quantitative estimate of drug-likeness (QED) is 0.308. The van der Waals surface area contributed by atoms with Crippen molar-refractivity contribution in [3.05, 3.63) is 22.8 Å². The Labute approximate surface area is 215 Å². The molecule has 6 heteroatoms. The Morgan fingerprint density at radius 3 is 2.42 bits per heavy atom. The Balaban J connectivity index is 1.54. The molecule has 1 N–H and O–H groups in total. The highest BCUT2D eigenvalue weighted by molar-refractivity contribution is 6.08. The van der Waals surface area contributed by atoms with E-state index in [-0.39, 0.29) is 52.3 Å². The minimum absolute atomic E-state index is 0.0168. The fraction of sp³-hybridized carbons (Fsp3) is 0.733. The number of ether oxygens (including phenoxy) is 1. The van der Waals surface area contributed by atoms with Crippen molar-refractivity contribution in [1.82, 2.24) is 5.32 Å². The second-order valence-electron chi connectivity index (χ2n) is 12.4. The number of carbonyl (C=O) groups excluding carboxylic acids is 4. The van der Waals surface area contributed by atoms with Crippen LogP contribution in [0.1, 0.15) is 99.3 Å². The van der Waals surface area contributed by atoms with Gasteiger partial charge in [0.05, 0.1) is 0 Å². The normalized spacial score (nSPS) is 37.6. The molecule has 4 rings (SSSR count). The van der Waals surface area contributed by atoms with Gasteiger partial charge in [-0.05, 0) is 86.5 Å². The molecule has 1 amide bonds. The van der Waals surface area contributed by atoms with E-state index < -0.39 is 0 Å². The molecule has 0 aromatic heterocycles. The number of esters is 1. The van der Waals surface area contributed by atoms with E-state index in [1.165, 1.54) is 19.4 Å². The van der Waals surface area contributed by atoms with Gasteiger partial charge in [-0.15, -0.1) is 0 Å². The highest BCUT2D eigenvalue weighted by Crippen LogP contribution is 2.65. The molecule has 3 fully saturated rings. The first-order chi connectivity index (χ1) is 16.9. The molecule has 0 unspecified atom stereocenters. The molecule has 0 spiro atoms. The third kappa shape index (κ3) is 4.72. The van der Waals surface area contributed by atoms with E-state index in [4.69, 9.17) is 4.74 Å². The fourth-order valence-electron chi connectivity index (χ4n) is 8.32. The number of allylic oxidation sites excluding steroid dienone is 3. The molecule has 0 saturated heterocycles. The second-order valence-corrected chi connectivity index (χ2v) is 12.4. The van der Waals surface area contributed by atoms with Crippen LogP contribution in [-0.4, -0.2) is 35.6 Å². The van der Waals surface area contributed by atoms with Crippen molar-refractivity contribution in [2.24, 2.45) is 28.6 Å². The van der Waals surface area contributed by atoms with E-state index in [9.17, 15) is 19.2 Å². The first kappa shape index (κ1) is 26.8. The summed E-state index contributed by atoms with van der Waals surface area (Å²) in [4.78, 5) is 49.4. The van der Waals surface area contributed by atoms with Crippen LogP contribution in [0.15, 0.2) is 22.8 Å². The molecule has 0 radical (unpaired) electrons. The SMILES string of the molecule is CC(=O)N[C@H](C)CCC(=O)/C(C)=C1\C(=O)C[C@H]2[C@@H]3CC=C4C[C@@H](OC(C)=O)CC[C@]4(C)[C@H]3CC[C@]12C. The zero-order valence-electron chi connectivity index (χ0n) is 22.9. The summed E-state index contributed by atoms with van der Waals surface area (Å²) in [5, 5.41) is 2.83. The molecule has 3 saturated carbocycles. The number of fused-ring (bicyclic) bond motifs is 5. The summed E-state index contributed by atoms with van der Waals surface area (Å²) in [6.07, 6.45) is 9.51. The molecule has 4 aliphatic carbocycles. The lowest BCUT2D eigenvalue weighted by Gasteiger charge is -2.57. The minimum Gasteiger partial charge on any atom is -0.462 e. The van der Waals surface area contributed by atoms with Gasteiger partial charge in [0.2, 0.25) is 5.91 Å². The zero-order valence-corrected chi connectivity index (χ0v) is 22.9. The molecule has 6 nitrogen and oxygen atoms in total. The van der Waals surface area contributed by atoms with Gasteiger partial charge < -0.3 is 10.1 Å². The van der Waals surface area contributed by atoms with Gasteiger partial charge in [0.25, 0.3) is 0 Å². The van der Waals surface area contributed by atoms with E-state index in [2.05, 4.69) is 25.2 Å². The van der Waals surface area contributed by atoms with Gasteiger partial charge in [-0.1, -0.05) is 25.5 Å². The van der Waals surface area contributed by atoms with Gasteiger partial charge >= 0.3 is 5.97 Å². The second kappa shape index (κ2) is 9.90. The lowest BCUT2D eigenvalue weighted by Crippen LogP contribution is -2.49. The van der Waals surface area contributed by atoms with Crippen molar-refractivity contribution in [2.75, 3.05) is 0 Å². The van der Waals surface area contributed by atoms with Crippen LogP contribution in [0, 0.1) is 28.6 Å². The largest absolute Gasteiger partial charge is 0.462 e. The van der Waals surface area contributed by atoms with E-state index in [1.807, 2.05) is 13.8 Å². The van der Waals surface area contributed by atoms with Crippen molar-refractivity contribution < 1.29 is 23.9 Å². The van der Waals surface area contributed by atoms with Crippen LogP contribution in [0.3, 0.4) is 0 Å². The molecule has 198 valence electrons. The standard InChI is InChI=1S/C30H43NO5/c1-17(31-19(3)32)7-10-26(34)18(2)28-27(35)16-25-23-9-8-21-15-22(36-20(4)33)11-13-29(21,5)24(23)12-14-30(25,28)6/h8,17,22-25H,7,9-16H2,1-6H3,(H,31,32)/b28-18+/t17-,22+,23-,24+,25+,29+,30+/m1/s1. The molecule has 0 bridgehead atoms. The third-order valence-corrected chi connectivity index (χ3v) is 10.1. The molecule has 0 aliphatic heterocycles. The lowest BCUT2D eigenvalue weighted by atomic mass is 9.47. The Bertz CT molecular complexity index is 1020. The first-order valence-corrected chi connectivity index (χ1v) is 13.8. The average Bonchev–Trinajstić information content (AvgIpc) is 3.06. The van der Waals surface area contributed by atoms with Gasteiger partial charge in [0.15, 0.2) is 11.6 Å². The van der Waals surface area contributed by atoms with E-state index in [0.717, 1.165) is 44.1 Å². The van der Waals surface area contributed by atoms with Crippen LogP contribution < -0.4 is 5.32 Å². The highest BCUT2D eigenvalue weighted by Gasteiger charge is 2.60. The summed E-state index contributed by atoms with van der Waals surface area (Å²) in [5.74, 6) is 1.11. The smallest absolute Gasteiger partial charge is 0.302 e. The molecular weight excluding hydrogens is 454 g/mol. The summed E-state index contributed by atoms with van der Waals surface area (Å²) in [6, 6.07) is -0.0674. The third-order valence-electron chi connectivity index (χ3n) is 10.1. The maximum Gasteiger partial charge on any atom is 0.302 e. The molecule has 0 heterocycles. The summed E-state index contributed by atoms with van der Waals surface area (Å²) >= 11 is 0. The topological polar surface area (TPSA) is 89.5 Å². The number of amides is 1. The molecule has 36 heavy (non-hydrogen) atoms. The Kier molecular flexibility index (Phi) is 7.38. The maximum absolute atomic E-state index is 13.4. The lowest BCUT2D eigenvalue weighted by molar-refractivity contribution is -0.148. The molecule has 0 aromatic carbocycles. The maximum atomic E-state index is 13.4. The van der Waals surface area contributed by atoms with Crippen molar-refractivity contribution in [3.8, 4) is 0 Å². The summed E-state index contributed by atoms with van der Waals surface area (Å²) < 4.78 is 5.55. The first-order valence-electron chi connectivity index (χ1n) is 13.8. The van der Waals surface area contributed by atoms with E-state index >= 15 is 0 Å². The van der Waals surface area contributed by atoms with Gasteiger partial charge in [0, 0.05) is 44.7 Å². The monoisotopic (exact) mass is 497 g/mol. The molecular formula is C30H43NO5. The van der Waals surface area contributed by atoms with Crippen LogP contribution in [0.2, 0.25) is 0 Å². The number of Topliss-reactive ketones (excluding diaryl/α,β-unsaturated/α-hetero) is 2. The number of hydrogen-bond acceptors (Lipinski definition) is 5. The van der Waals surface area contributed by atoms with Crippen LogP contribution in [0.5, 0.6) is 0 Å². The Hall–Kier alpha value is -2.24. The van der Waals surface area contributed by atoms with Crippen LogP contribution in [0.4, 0.5) is 0 Å². The highest BCUT2D eigenvalue weighted by atomic mass is 16.5. The molecule has 4 aliphatic rings. The number of rotatable bonds is 6. The van der Waals surface area contributed by atoms with E-state index in [0.29, 0.717) is 36.7 Å². The summed E-state index contributed by atoms with van der Waals surface area (Å²) in [6.45, 7) is 11.3. The van der Waals surface area contributed by atoms with Crippen LogP contribution >= 0.6 is 0 Å². The Morgan fingerprint density at radius 2 is 1.75 bits per heavy atom. The number of carbonyl (C=O) groups is 4. The number of nitrogens with one attached hydrogen (secondary N) is 1. The van der Waals surface area contributed by atoms with E-state index in [1.54, 1.807) is 0 Å². The summed E-state index contributed by atoms with van der Waals surface area (Å²) in [5.41, 5.74) is 2.70. The number of hydrogen-bond donors (Lipinski definition) is 1. The van der Waals surface area contributed by atoms with Gasteiger partial charge in [-0.2, -0.15) is 0 Å². The predicted octanol–water partition coefficient (Wildman–Crippen LogP) is 5.25. The molecule has 0 aromatic rings. The minimum atomic E-state index is -0.252. The van der Waals surface area contributed by atoms with Crippen LogP contribution in [-0.2, 0) is 23.9 Å². The van der Waals surface area contributed by atoms with Crippen molar-refractivity contribution in [1.29, 1.82) is 0 Å². The van der Waals surface area contributed by atoms with Crippen LogP contribution in [0.25, 0.3) is 0 Å². The Morgan fingerprint density at radius 1 is 1.06 bits per heavy atom. The van der Waals surface area contributed by atoms with Crippen molar-refractivity contribution >= 4 is 23.4 Å². The average molecular weight is 498 g/mol. The fourth-order valence-corrected chi connectivity index (χ4v) is 8.32. The van der Waals surface area contributed by atoms with Crippen molar-refractivity contribution in [3.63, 3.8) is 0 Å². The van der Waals surface area contributed by atoms with Crippen molar-refractivity contribution in [2.45, 2.75) is 111 Å².